The Labute approximate surface area is 186 Å². The van der Waals surface area contributed by atoms with E-state index < -0.39 is 0 Å². The lowest BCUT2D eigenvalue weighted by atomic mass is 10.0. The van der Waals surface area contributed by atoms with Gasteiger partial charge in [-0.25, -0.2) is 4.52 Å². The van der Waals surface area contributed by atoms with Crippen LogP contribution in [0.4, 0.5) is 5.69 Å². The van der Waals surface area contributed by atoms with Gasteiger partial charge in [-0.15, -0.1) is 0 Å². The van der Waals surface area contributed by atoms with Gasteiger partial charge in [0.25, 0.3) is 5.56 Å². The quantitative estimate of drug-likeness (QED) is 0.488. The zero-order chi connectivity index (χ0) is 22.8. The molecule has 1 amide bonds. The number of fused-ring (bicyclic) bond motifs is 1. The van der Waals surface area contributed by atoms with Gasteiger partial charge in [0.1, 0.15) is 12.1 Å². The molecule has 0 saturated heterocycles. The molecule has 2 N–H and O–H groups in total. The third kappa shape index (κ3) is 4.20. The zero-order valence-electron chi connectivity index (χ0n) is 18.4. The van der Waals surface area contributed by atoms with Gasteiger partial charge in [0, 0.05) is 29.2 Å². The molecule has 4 aromatic rings. The van der Waals surface area contributed by atoms with Crippen LogP contribution in [0.5, 0.6) is 0 Å². The summed E-state index contributed by atoms with van der Waals surface area (Å²) in [5, 5.41) is 17.3. The predicted octanol–water partition coefficient (Wildman–Crippen LogP) is 3.73. The highest BCUT2D eigenvalue weighted by molar-refractivity contribution is 5.90. The van der Waals surface area contributed by atoms with Crippen molar-refractivity contribution in [3.63, 3.8) is 0 Å². The van der Waals surface area contributed by atoms with Crippen LogP contribution < -0.4 is 10.9 Å². The Balaban J connectivity index is 1.62. The van der Waals surface area contributed by atoms with E-state index in [2.05, 4.69) is 24.3 Å². The third-order valence-corrected chi connectivity index (χ3v) is 5.52. The number of hydrogen-bond donors (Lipinski definition) is 2. The number of aliphatic hydroxyl groups excluding tert-OH is 1. The highest BCUT2D eigenvalue weighted by Crippen LogP contribution is 2.25. The molecule has 0 saturated carbocycles. The van der Waals surface area contributed by atoms with Gasteiger partial charge in [-0.2, -0.15) is 5.10 Å². The number of anilines is 1. The molecule has 0 fully saturated rings. The highest BCUT2D eigenvalue weighted by Gasteiger charge is 2.18. The largest absolute Gasteiger partial charge is 0.392 e. The van der Waals surface area contributed by atoms with E-state index in [0.717, 1.165) is 11.1 Å². The van der Waals surface area contributed by atoms with Crippen LogP contribution in [-0.2, 0) is 17.9 Å². The maximum Gasteiger partial charge on any atom is 0.277 e. The summed E-state index contributed by atoms with van der Waals surface area (Å²) in [5.41, 5.74) is 4.66. The highest BCUT2D eigenvalue weighted by atomic mass is 16.3. The van der Waals surface area contributed by atoms with Crippen molar-refractivity contribution in [2.24, 2.45) is 0 Å². The standard InChI is InChI=1S/C25H26N4O3/c1-16(2)18-8-10-20(11-9-18)26-22(31)14-28-12-13-29-24(25(28)32)21(15-30)23(27-29)19-6-4-17(3)5-7-19/h4-13,16,30H,14-15H2,1-3H3,(H,26,31). The number of aryl methyl sites for hydroxylation is 1. The Hall–Kier alpha value is -3.71. The molecule has 7 heteroatoms. The molecular formula is C25H26N4O3. The summed E-state index contributed by atoms with van der Waals surface area (Å²) in [5.74, 6) is 0.101. The Morgan fingerprint density at radius 2 is 1.75 bits per heavy atom. The topological polar surface area (TPSA) is 88.6 Å². The summed E-state index contributed by atoms with van der Waals surface area (Å²) in [7, 11) is 0. The number of carbonyl (C=O) groups is 1. The fourth-order valence-corrected chi connectivity index (χ4v) is 3.68. The lowest BCUT2D eigenvalue weighted by Gasteiger charge is -2.10. The third-order valence-electron chi connectivity index (χ3n) is 5.52. The smallest absolute Gasteiger partial charge is 0.277 e. The van der Waals surface area contributed by atoms with E-state index >= 15 is 0 Å². The van der Waals surface area contributed by atoms with Crippen LogP contribution in [0.3, 0.4) is 0 Å². The maximum atomic E-state index is 13.1. The summed E-state index contributed by atoms with van der Waals surface area (Å²) in [6.07, 6.45) is 3.15. The van der Waals surface area contributed by atoms with E-state index in [1.54, 1.807) is 6.20 Å². The molecule has 164 valence electrons. The monoisotopic (exact) mass is 430 g/mol. The van der Waals surface area contributed by atoms with Gasteiger partial charge in [0.15, 0.2) is 0 Å². The minimum atomic E-state index is -0.382. The van der Waals surface area contributed by atoms with Crippen molar-refractivity contribution in [1.82, 2.24) is 14.2 Å². The minimum absolute atomic E-state index is 0.142. The van der Waals surface area contributed by atoms with E-state index in [-0.39, 0.29) is 30.1 Å². The summed E-state index contributed by atoms with van der Waals surface area (Å²) in [6.45, 7) is 5.73. The normalized spacial score (nSPS) is 11.3. The van der Waals surface area contributed by atoms with Crippen molar-refractivity contribution in [2.45, 2.75) is 39.8 Å². The van der Waals surface area contributed by atoms with Crippen molar-refractivity contribution >= 4 is 17.1 Å². The van der Waals surface area contributed by atoms with Crippen LogP contribution in [-0.4, -0.2) is 25.2 Å². The second-order valence-corrected chi connectivity index (χ2v) is 8.20. The fraction of sp³-hybridized carbons (Fsp3) is 0.240. The van der Waals surface area contributed by atoms with E-state index in [9.17, 15) is 14.7 Å². The van der Waals surface area contributed by atoms with Crippen LogP contribution in [0.2, 0.25) is 0 Å². The maximum absolute atomic E-state index is 13.1. The molecule has 0 unspecified atom stereocenters. The Bertz CT molecular complexity index is 1320. The van der Waals surface area contributed by atoms with Gasteiger partial charge in [-0.1, -0.05) is 55.8 Å². The Kier molecular flexibility index (Phi) is 5.92. The first-order chi connectivity index (χ1) is 15.4. The predicted molar refractivity (Wildman–Crippen MR) is 125 cm³/mol. The van der Waals surface area contributed by atoms with Crippen LogP contribution in [0, 0.1) is 6.92 Å². The first-order valence-electron chi connectivity index (χ1n) is 10.6. The molecule has 4 rings (SSSR count). The lowest BCUT2D eigenvalue weighted by molar-refractivity contribution is -0.116. The van der Waals surface area contributed by atoms with Gasteiger partial charge >= 0.3 is 0 Å². The number of nitrogens with zero attached hydrogens (tertiary/aromatic N) is 3. The molecule has 0 aliphatic carbocycles. The average Bonchev–Trinajstić information content (AvgIpc) is 3.16. The summed E-state index contributed by atoms with van der Waals surface area (Å²) >= 11 is 0. The molecule has 0 aliphatic rings. The number of benzene rings is 2. The number of amides is 1. The zero-order valence-corrected chi connectivity index (χ0v) is 18.4. The van der Waals surface area contributed by atoms with Crippen LogP contribution in [0.25, 0.3) is 16.8 Å². The SMILES string of the molecule is Cc1ccc(-c2nn3ccn(CC(=O)Nc4ccc(C(C)C)cc4)c(=O)c3c2CO)cc1. The fourth-order valence-electron chi connectivity index (χ4n) is 3.68. The van der Waals surface area contributed by atoms with Crippen molar-refractivity contribution in [3.8, 4) is 11.3 Å². The molecule has 0 atom stereocenters. The van der Waals surface area contributed by atoms with Crippen LogP contribution in [0.15, 0.2) is 65.7 Å². The number of hydrogen-bond acceptors (Lipinski definition) is 4. The van der Waals surface area contributed by atoms with Crippen molar-refractivity contribution in [1.29, 1.82) is 0 Å². The molecule has 32 heavy (non-hydrogen) atoms. The van der Waals surface area contributed by atoms with Gasteiger partial charge < -0.3 is 15.0 Å². The number of nitrogens with one attached hydrogen (secondary N) is 1. The summed E-state index contributed by atoms with van der Waals surface area (Å²) in [6, 6.07) is 15.4. The molecule has 0 radical (unpaired) electrons. The van der Waals surface area contributed by atoms with Crippen LogP contribution in [0.1, 0.15) is 36.5 Å². The second kappa shape index (κ2) is 8.80. The van der Waals surface area contributed by atoms with Crippen molar-refractivity contribution < 1.29 is 9.90 Å². The van der Waals surface area contributed by atoms with E-state index in [4.69, 9.17) is 0 Å². The molecular weight excluding hydrogens is 404 g/mol. The van der Waals surface area contributed by atoms with Gasteiger partial charge in [-0.05, 0) is 30.5 Å². The van der Waals surface area contributed by atoms with E-state index in [1.165, 1.54) is 20.8 Å². The molecule has 2 aromatic heterocycles. The van der Waals surface area contributed by atoms with Crippen molar-refractivity contribution in [3.05, 3.63) is 88.0 Å². The number of carbonyl (C=O) groups excluding carboxylic acids is 1. The molecule has 0 bridgehead atoms. The molecule has 0 aliphatic heterocycles. The van der Waals surface area contributed by atoms with Gasteiger partial charge in [0.2, 0.25) is 5.91 Å². The minimum Gasteiger partial charge on any atom is -0.392 e. The Morgan fingerprint density at radius 3 is 2.38 bits per heavy atom. The molecule has 2 aromatic carbocycles. The lowest BCUT2D eigenvalue weighted by Crippen LogP contribution is -2.28. The van der Waals surface area contributed by atoms with Crippen LogP contribution >= 0.6 is 0 Å². The first kappa shape index (κ1) is 21.5. The van der Waals surface area contributed by atoms with Crippen molar-refractivity contribution in [2.75, 3.05) is 5.32 Å². The second-order valence-electron chi connectivity index (χ2n) is 8.20. The van der Waals surface area contributed by atoms with Gasteiger partial charge in [0.05, 0.1) is 12.3 Å². The summed E-state index contributed by atoms with van der Waals surface area (Å²) < 4.78 is 2.79. The first-order valence-corrected chi connectivity index (χ1v) is 10.6. The number of rotatable bonds is 6. The van der Waals surface area contributed by atoms with E-state index in [0.29, 0.717) is 22.9 Å². The van der Waals surface area contributed by atoms with E-state index in [1.807, 2.05) is 55.5 Å². The molecule has 0 spiro atoms. The average molecular weight is 431 g/mol. The van der Waals surface area contributed by atoms with Gasteiger partial charge in [-0.3, -0.25) is 9.59 Å². The summed E-state index contributed by atoms with van der Waals surface area (Å²) in [4.78, 5) is 25.7. The Morgan fingerprint density at radius 1 is 1.06 bits per heavy atom. The number of aromatic nitrogens is 3. The molecule has 2 heterocycles. The number of aliphatic hydroxyl groups is 1. The molecule has 7 nitrogen and oxygen atoms in total.